The zero-order valence-electron chi connectivity index (χ0n) is 20.7. The lowest BCUT2D eigenvalue weighted by Gasteiger charge is -2.46. The highest BCUT2D eigenvalue weighted by atomic mass is 19.4. The monoisotopic (exact) mass is 512 g/mol. The summed E-state index contributed by atoms with van der Waals surface area (Å²) in [5.41, 5.74) is 2.64. The molecule has 0 bridgehead atoms. The second-order valence-electron chi connectivity index (χ2n) is 9.20. The molecule has 3 unspecified atom stereocenters. The summed E-state index contributed by atoms with van der Waals surface area (Å²) in [5.74, 6) is -5.78. The molecule has 3 atom stereocenters. The van der Waals surface area contributed by atoms with Gasteiger partial charge < -0.3 is 4.90 Å². The quantitative estimate of drug-likeness (QED) is 0.302. The summed E-state index contributed by atoms with van der Waals surface area (Å²) in [6, 6.07) is 18.7. The Morgan fingerprint density at radius 2 is 1.42 bits per heavy atom. The van der Waals surface area contributed by atoms with Crippen LogP contribution in [0.5, 0.6) is 0 Å². The fourth-order valence-corrected chi connectivity index (χ4v) is 4.81. The molecule has 0 N–H and O–H groups in total. The Bertz CT molecular complexity index is 932. The number of alkyl halides is 6. The summed E-state index contributed by atoms with van der Waals surface area (Å²) in [5, 5.41) is 7.32. The van der Waals surface area contributed by atoms with Crippen molar-refractivity contribution in [3.8, 4) is 6.07 Å². The summed E-state index contributed by atoms with van der Waals surface area (Å²) >= 11 is 0. The Hall–Kier alpha value is -2.53. The lowest BCUT2D eigenvalue weighted by atomic mass is 9.61. The van der Waals surface area contributed by atoms with Crippen LogP contribution in [0.2, 0.25) is 0 Å². The summed E-state index contributed by atoms with van der Waals surface area (Å²) in [4.78, 5) is 2.42. The molecule has 36 heavy (non-hydrogen) atoms. The number of rotatable bonds is 10. The molecule has 2 aromatic carbocycles. The molecule has 2 nitrogen and oxygen atoms in total. The fraction of sp³-hybridized carbons (Fsp3) is 0.536. The van der Waals surface area contributed by atoms with Crippen molar-refractivity contribution in [3.05, 3.63) is 71.3 Å². The Morgan fingerprint density at radius 1 is 0.833 bits per heavy atom. The lowest BCUT2D eigenvalue weighted by Crippen LogP contribution is -2.51. The molecule has 1 fully saturated rings. The molecule has 0 heterocycles. The van der Waals surface area contributed by atoms with E-state index in [0.29, 0.717) is 5.56 Å². The number of nitriles is 1. The van der Waals surface area contributed by atoms with Gasteiger partial charge in [0.2, 0.25) is 0 Å². The van der Waals surface area contributed by atoms with E-state index in [2.05, 4.69) is 24.0 Å². The zero-order valence-corrected chi connectivity index (χ0v) is 20.7. The standard InChI is InChI=1S/C26H31F6N.C2H3N/c1-2-15-33(17-14-19-7-4-3-5-8-19)16-6-9-20-10-12-21(13-11-20)22-18-23(25(27,28)29)24(22)26(30,31)32;1-2-3/h3-5,7-8,10-13,22-24H,2,6,9,14-18H2,1H3;1H3. The summed E-state index contributed by atoms with van der Waals surface area (Å²) in [7, 11) is 0. The van der Waals surface area contributed by atoms with Crippen molar-refractivity contribution in [2.24, 2.45) is 11.8 Å². The van der Waals surface area contributed by atoms with E-state index in [-0.39, 0.29) is 0 Å². The first-order chi connectivity index (χ1) is 17.0. The van der Waals surface area contributed by atoms with Gasteiger partial charge in [-0.05, 0) is 67.8 Å². The summed E-state index contributed by atoms with van der Waals surface area (Å²) in [6.45, 7) is 6.48. The third kappa shape index (κ3) is 8.85. The largest absolute Gasteiger partial charge is 0.393 e. The third-order valence-electron chi connectivity index (χ3n) is 6.62. The predicted molar refractivity (Wildman–Crippen MR) is 129 cm³/mol. The van der Waals surface area contributed by atoms with E-state index in [0.717, 1.165) is 50.9 Å². The van der Waals surface area contributed by atoms with Gasteiger partial charge in [0.1, 0.15) is 0 Å². The molecule has 0 spiro atoms. The molecule has 0 radical (unpaired) electrons. The maximum absolute atomic E-state index is 13.3. The van der Waals surface area contributed by atoms with E-state index < -0.39 is 36.5 Å². The molecule has 1 aliphatic carbocycles. The van der Waals surface area contributed by atoms with E-state index in [1.165, 1.54) is 12.5 Å². The van der Waals surface area contributed by atoms with Crippen LogP contribution in [0.3, 0.4) is 0 Å². The number of hydrogen-bond donors (Lipinski definition) is 0. The molecule has 1 aliphatic rings. The Kier molecular flexibility index (Phi) is 11.3. The molecular weight excluding hydrogens is 478 g/mol. The molecular formula is C28H34F6N2. The minimum Gasteiger partial charge on any atom is -0.303 e. The molecule has 1 saturated carbocycles. The van der Waals surface area contributed by atoms with Crippen molar-refractivity contribution in [2.75, 3.05) is 19.6 Å². The van der Waals surface area contributed by atoms with Gasteiger partial charge in [0, 0.05) is 13.5 Å². The molecule has 198 valence electrons. The Morgan fingerprint density at radius 3 is 1.94 bits per heavy atom. The van der Waals surface area contributed by atoms with E-state index in [4.69, 9.17) is 5.26 Å². The van der Waals surface area contributed by atoms with Gasteiger partial charge in [-0.2, -0.15) is 31.6 Å². The first kappa shape index (κ1) is 29.7. The van der Waals surface area contributed by atoms with Crippen LogP contribution >= 0.6 is 0 Å². The van der Waals surface area contributed by atoms with Crippen LogP contribution < -0.4 is 0 Å². The van der Waals surface area contributed by atoms with Crippen LogP contribution in [0, 0.1) is 23.2 Å². The first-order valence-electron chi connectivity index (χ1n) is 12.3. The molecule has 0 aromatic heterocycles. The SMILES string of the molecule is CC#N.CCCN(CCCc1ccc(C2CC(C(F)(F)F)C2C(F)(F)F)cc1)CCc1ccccc1. The number of benzene rings is 2. The normalized spacial score (nSPS) is 19.7. The van der Waals surface area contributed by atoms with Gasteiger partial charge >= 0.3 is 12.4 Å². The molecule has 0 aliphatic heterocycles. The number of nitrogens with zero attached hydrogens (tertiary/aromatic N) is 2. The van der Waals surface area contributed by atoms with Gasteiger partial charge in [-0.3, -0.25) is 0 Å². The van der Waals surface area contributed by atoms with E-state index in [1.807, 2.05) is 18.2 Å². The molecule has 8 heteroatoms. The van der Waals surface area contributed by atoms with E-state index in [1.54, 1.807) is 30.3 Å². The van der Waals surface area contributed by atoms with Gasteiger partial charge in [0.15, 0.2) is 0 Å². The zero-order chi connectivity index (χ0) is 26.8. The summed E-state index contributed by atoms with van der Waals surface area (Å²) in [6.07, 6.45) is -6.43. The summed E-state index contributed by atoms with van der Waals surface area (Å²) < 4.78 is 78.6. The average molecular weight is 513 g/mol. The Labute approximate surface area is 209 Å². The topological polar surface area (TPSA) is 27.0 Å². The predicted octanol–water partition coefficient (Wildman–Crippen LogP) is 7.95. The number of hydrogen-bond acceptors (Lipinski definition) is 2. The van der Waals surface area contributed by atoms with Crippen molar-refractivity contribution in [2.45, 2.75) is 64.2 Å². The molecule has 0 saturated heterocycles. The van der Waals surface area contributed by atoms with Crippen LogP contribution in [-0.4, -0.2) is 36.9 Å². The van der Waals surface area contributed by atoms with Crippen LogP contribution in [-0.2, 0) is 12.8 Å². The maximum atomic E-state index is 13.3. The van der Waals surface area contributed by atoms with Gasteiger partial charge in [-0.15, -0.1) is 0 Å². The molecule has 3 rings (SSSR count). The van der Waals surface area contributed by atoms with Crippen molar-refractivity contribution in [1.29, 1.82) is 5.26 Å². The van der Waals surface area contributed by atoms with E-state index >= 15 is 0 Å². The van der Waals surface area contributed by atoms with Gasteiger partial charge in [-0.1, -0.05) is 61.5 Å². The third-order valence-corrected chi connectivity index (χ3v) is 6.62. The maximum Gasteiger partial charge on any atom is 0.393 e. The highest BCUT2D eigenvalue weighted by molar-refractivity contribution is 5.29. The smallest absolute Gasteiger partial charge is 0.303 e. The first-order valence-corrected chi connectivity index (χ1v) is 12.3. The van der Waals surface area contributed by atoms with Crippen molar-refractivity contribution < 1.29 is 26.3 Å². The number of halogens is 6. The van der Waals surface area contributed by atoms with Crippen molar-refractivity contribution >= 4 is 0 Å². The van der Waals surface area contributed by atoms with E-state index in [9.17, 15) is 26.3 Å². The van der Waals surface area contributed by atoms with Crippen LogP contribution in [0.25, 0.3) is 0 Å². The Balaban J connectivity index is 0.00000145. The van der Waals surface area contributed by atoms with Crippen LogP contribution in [0.4, 0.5) is 26.3 Å². The van der Waals surface area contributed by atoms with Crippen molar-refractivity contribution in [3.63, 3.8) is 0 Å². The van der Waals surface area contributed by atoms with Crippen LogP contribution in [0.1, 0.15) is 55.7 Å². The fourth-order valence-electron chi connectivity index (χ4n) is 4.81. The highest BCUT2D eigenvalue weighted by Gasteiger charge is 2.64. The lowest BCUT2D eigenvalue weighted by molar-refractivity contribution is -0.292. The highest BCUT2D eigenvalue weighted by Crippen LogP contribution is 2.59. The second kappa shape index (κ2) is 13.7. The molecule has 0 amide bonds. The van der Waals surface area contributed by atoms with Gasteiger partial charge in [0.25, 0.3) is 0 Å². The second-order valence-corrected chi connectivity index (χ2v) is 9.20. The van der Waals surface area contributed by atoms with Crippen LogP contribution in [0.15, 0.2) is 54.6 Å². The average Bonchev–Trinajstić information content (AvgIpc) is 2.77. The minimum atomic E-state index is -4.86. The minimum absolute atomic E-state index is 0.344. The molecule has 2 aromatic rings. The van der Waals surface area contributed by atoms with Crippen molar-refractivity contribution in [1.82, 2.24) is 4.90 Å². The van der Waals surface area contributed by atoms with Gasteiger partial charge in [-0.25, -0.2) is 0 Å². The van der Waals surface area contributed by atoms with Gasteiger partial charge in [0.05, 0.1) is 17.9 Å². The number of aryl methyl sites for hydroxylation is 1.